The molecule has 0 aliphatic heterocycles. The van der Waals surface area contributed by atoms with Crippen LogP contribution in [0.15, 0.2) is 18.2 Å². The van der Waals surface area contributed by atoms with Crippen LogP contribution in [0.4, 0.5) is 13.2 Å². The predicted octanol–water partition coefficient (Wildman–Crippen LogP) is 5.63. The van der Waals surface area contributed by atoms with Crippen molar-refractivity contribution >= 4 is 0 Å². The Morgan fingerprint density at radius 1 is 1.10 bits per heavy atom. The smallest absolute Gasteiger partial charge is 0.310 e. The molecule has 1 rings (SSSR count). The summed E-state index contributed by atoms with van der Waals surface area (Å²) in [7, 11) is 0. The molecule has 0 fully saturated rings. The lowest BCUT2D eigenvalue weighted by Crippen LogP contribution is -2.22. The van der Waals surface area contributed by atoms with Gasteiger partial charge in [-0.25, -0.2) is 0 Å². The van der Waals surface area contributed by atoms with Gasteiger partial charge in [-0.05, 0) is 43.1 Å². The van der Waals surface area contributed by atoms with Gasteiger partial charge in [0.2, 0.25) is 0 Å². The van der Waals surface area contributed by atoms with Crippen molar-refractivity contribution in [3.8, 4) is 0 Å². The van der Waals surface area contributed by atoms with Crippen molar-refractivity contribution in [3.63, 3.8) is 0 Å². The topological polar surface area (TPSA) is 12.0 Å². The minimum Gasteiger partial charge on any atom is -0.310 e. The van der Waals surface area contributed by atoms with Crippen LogP contribution in [0.5, 0.6) is 0 Å². The lowest BCUT2D eigenvalue weighted by molar-refractivity contribution is -0.137. The van der Waals surface area contributed by atoms with E-state index in [9.17, 15) is 13.2 Å². The molecule has 1 aromatic rings. The fourth-order valence-electron chi connectivity index (χ4n) is 2.63. The van der Waals surface area contributed by atoms with Gasteiger partial charge in [0.1, 0.15) is 0 Å². The van der Waals surface area contributed by atoms with E-state index >= 15 is 0 Å². The summed E-state index contributed by atoms with van der Waals surface area (Å²) in [5, 5.41) is 3.39. The summed E-state index contributed by atoms with van der Waals surface area (Å²) in [4.78, 5) is 0. The monoisotopic (exact) mass is 301 g/mol. The van der Waals surface area contributed by atoms with Crippen LogP contribution in [0, 0.1) is 6.92 Å². The third-order valence-electron chi connectivity index (χ3n) is 3.77. The molecular weight excluding hydrogens is 275 g/mol. The first-order valence-corrected chi connectivity index (χ1v) is 7.81. The summed E-state index contributed by atoms with van der Waals surface area (Å²) in [5.74, 6) is 0. The van der Waals surface area contributed by atoms with E-state index in [0.29, 0.717) is 5.56 Å². The Morgan fingerprint density at radius 2 is 1.81 bits per heavy atom. The zero-order valence-electron chi connectivity index (χ0n) is 13.2. The molecule has 0 bridgehead atoms. The van der Waals surface area contributed by atoms with Crippen LogP contribution in [0.25, 0.3) is 0 Å². The average Bonchev–Trinajstić information content (AvgIpc) is 2.41. The highest BCUT2D eigenvalue weighted by atomic mass is 19.4. The van der Waals surface area contributed by atoms with E-state index < -0.39 is 11.7 Å². The molecule has 1 aromatic carbocycles. The summed E-state index contributed by atoms with van der Waals surface area (Å²) in [6, 6.07) is 4.23. The zero-order chi connectivity index (χ0) is 15.9. The first-order chi connectivity index (χ1) is 9.90. The number of hydrogen-bond donors (Lipinski definition) is 1. The third-order valence-corrected chi connectivity index (χ3v) is 3.77. The molecule has 0 aliphatic rings. The second kappa shape index (κ2) is 8.42. The Balaban J connectivity index is 2.82. The Bertz CT molecular complexity index is 427. The van der Waals surface area contributed by atoms with Crippen LogP contribution >= 0.6 is 0 Å². The van der Waals surface area contributed by atoms with Crippen molar-refractivity contribution in [2.45, 2.75) is 65.1 Å². The normalized spacial score (nSPS) is 13.4. The molecule has 0 heterocycles. The number of hydrogen-bond acceptors (Lipinski definition) is 1. The van der Waals surface area contributed by atoms with Crippen LogP contribution in [-0.2, 0) is 6.18 Å². The van der Waals surface area contributed by atoms with Crippen LogP contribution in [-0.4, -0.2) is 6.54 Å². The SMILES string of the molecule is CCCCCCC(NCC)c1ccc(C(F)(F)F)cc1C. The molecule has 1 N–H and O–H groups in total. The first kappa shape index (κ1) is 18.0. The maximum atomic E-state index is 12.7. The van der Waals surface area contributed by atoms with Gasteiger partial charge < -0.3 is 5.32 Å². The van der Waals surface area contributed by atoms with Gasteiger partial charge in [0.05, 0.1) is 5.56 Å². The van der Waals surface area contributed by atoms with Gasteiger partial charge in [-0.15, -0.1) is 0 Å². The highest BCUT2D eigenvalue weighted by Gasteiger charge is 2.31. The molecule has 1 nitrogen and oxygen atoms in total. The van der Waals surface area contributed by atoms with Crippen molar-refractivity contribution in [3.05, 3.63) is 34.9 Å². The number of nitrogens with one attached hydrogen (secondary N) is 1. The Labute approximate surface area is 125 Å². The molecule has 1 unspecified atom stereocenters. The summed E-state index contributed by atoms with van der Waals surface area (Å²) < 4.78 is 38.2. The van der Waals surface area contributed by atoms with Gasteiger partial charge in [-0.3, -0.25) is 0 Å². The van der Waals surface area contributed by atoms with Crippen molar-refractivity contribution in [1.29, 1.82) is 0 Å². The van der Waals surface area contributed by atoms with Gasteiger partial charge in [0, 0.05) is 6.04 Å². The molecule has 4 heteroatoms. The van der Waals surface area contributed by atoms with E-state index in [2.05, 4.69) is 12.2 Å². The molecule has 0 radical (unpaired) electrons. The summed E-state index contributed by atoms with van der Waals surface area (Å²) in [5.41, 5.74) is 1.14. The van der Waals surface area contributed by atoms with Crippen LogP contribution in [0.1, 0.15) is 68.7 Å². The first-order valence-electron chi connectivity index (χ1n) is 7.81. The van der Waals surface area contributed by atoms with Crippen molar-refractivity contribution in [2.24, 2.45) is 0 Å². The Morgan fingerprint density at radius 3 is 2.33 bits per heavy atom. The number of halogens is 3. The molecule has 0 aromatic heterocycles. The van der Waals surface area contributed by atoms with Crippen LogP contribution in [0.2, 0.25) is 0 Å². The van der Waals surface area contributed by atoms with Crippen LogP contribution < -0.4 is 5.32 Å². The zero-order valence-corrected chi connectivity index (χ0v) is 13.2. The summed E-state index contributed by atoms with van der Waals surface area (Å²) in [6.07, 6.45) is 1.39. The highest BCUT2D eigenvalue weighted by Crippen LogP contribution is 2.32. The average molecular weight is 301 g/mol. The lowest BCUT2D eigenvalue weighted by atomic mass is 9.94. The highest BCUT2D eigenvalue weighted by molar-refractivity contribution is 5.34. The van der Waals surface area contributed by atoms with Gasteiger partial charge in [0.15, 0.2) is 0 Å². The van der Waals surface area contributed by atoms with E-state index in [4.69, 9.17) is 0 Å². The van der Waals surface area contributed by atoms with Crippen molar-refractivity contribution < 1.29 is 13.2 Å². The van der Waals surface area contributed by atoms with Crippen LogP contribution in [0.3, 0.4) is 0 Å². The molecule has 0 saturated carbocycles. The summed E-state index contributed by atoms with van der Waals surface area (Å²) in [6.45, 7) is 6.78. The fourth-order valence-corrected chi connectivity index (χ4v) is 2.63. The predicted molar refractivity (Wildman–Crippen MR) is 81.4 cm³/mol. The maximum absolute atomic E-state index is 12.7. The number of aryl methyl sites for hydroxylation is 1. The molecule has 0 aliphatic carbocycles. The Kier molecular flexibility index (Phi) is 7.23. The van der Waals surface area contributed by atoms with Gasteiger partial charge in [0.25, 0.3) is 0 Å². The number of unbranched alkanes of at least 4 members (excludes halogenated alkanes) is 3. The van der Waals surface area contributed by atoms with Crippen molar-refractivity contribution in [1.82, 2.24) is 5.32 Å². The number of rotatable bonds is 8. The van der Waals surface area contributed by atoms with Gasteiger partial charge in [-0.2, -0.15) is 13.2 Å². The molecule has 120 valence electrons. The van der Waals surface area contributed by atoms with E-state index in [1.165, 1.54) is 31.4 Å². The number of alkyl halides is 3. The van der Waals surface area contributed by atoms with E-state index in [-0.39, 0.29) is 6.04 Å². The second-order valence-electron chi connectivity index (χ2n) is 5.53. The number of benzene rings is 1. The van der Waals surface area contributed by atoms with Gasteiger partial charge in [-0.1, -0.05) is 45.6 Å². The minimum absolute atomic E-state index is 0.147. The quantitative estimate of drug-likeness (QED) is 0.613. The van der Waals surface area contributed by atoms with Crippen molar-refractivity contribution in [2.75, 3.05) is 6.54 Å². The summed E-state index contributed by atoms with van der Waals surface area (Å²) >= 11 is 0. The maximum Gasteiger partial charge on any atom is 0.416 e. The van der Waals surface area contributed by atoms with E-state index in [1.807, 2.05) is 6.92 Å². The third kappa shape index (κ3) is 5.70. The molecule has 0 amide bonds. The van der Waals surface area contributed by atoms with Gasteiger partial charge >= 0.3 is 6.18 Å². The largest absolute Gasteiger partial charge is 0.416 e. The molecule has 0 saturated heterocycles. The molecule has 1 atom stereocenters. The molecule has 0 spiro atoms. The Hall–Kier alpha value is -1.03. The standard InChI is InChI=1S/C17H26F3N/c1-4-6-7-8-9-16(21-5-2)15-11-10-14(12-13(15)3)17(18,19)20/h10-12,16,21H,4-9H2,1-3H3. The lowest BCUT2D eigenvalue weighted by Gasteiger charge is -2.21. The second-order valence-corrected chi connectivity index (χ2v) is 5.53. The fraction of sp³-hybridized carbons (Fsp3) is 0.647. The molecular formula is C17H26F3N. The van der Waals surface area contributed by atoms with E-state index in [1.54, 1.807) is 13.0 Å². The van der Waals surface area contributed by atoms with E-state index in [0.717, 1.165) is 24.9 Å². The molecule has 21 heavy (non-hydrogen) atoms. The minimum atomic E-state index is -4.27.